The number of nitrogens with zero attached hydrogens (tertiary/aromatic N) is 2. The molecule has 3 aliphatic rings. The van der Waals surface area contributed by atoms with E-state index in [-0.39, 0.29) is 30.8 Å². The predicted octanol–water partition coefficient (Wildman–Crippen LogP) is 7.20. The fourth-order valence-electron chi connectivity index (χ4n) is 7.91. The van der Waals surface area contributed by atoms with Crippen LogP contribution in [-0.4, -0.2) is 65.8 Å². The molecule has 7 rings (SSSR count). The molecule has 0 unspecified atom stereocenters. The highest BCUT2D eigenvalue weighted by atomic mass is 16.7. The van der Waals surface area contributed by atoms with Crippen LogP contribution in [0.15, 0.2) is 103 Å². The number of amides is 2. The fraction of sp³-hybridized carbons (Fsp3) is 0.419. The summed E-state index contributed by atoms with van der Waals surface area (Å²) in [6, 6.07) is 35.2. The van der Waals surface area contributed by atoms with E-state index in [2.05, 4.69) is 75.9 Å². The van der Waals surface area contributed by atoms with Gasteiger partial charge in [-0.25, -0.2) is 4.79 Å². The summed E-state index contributed by atoms with van der Waals surface area (Å²) in [4.78, 5) is 17.8. The molecule has 2 amide bonds. The molecule has 4 aromatic carbocycles. The van der Waals surface area contributed by atoms with E-state index in [1.165, 1.54) is 38.8 Å². The van der Waals surface area contributed by atoms with Gasteiger partial charge in [0.05, 0.1) is 18.8 Å². The van der Waals surface area contributed by atoms with Crippen LogP contribution >= 0.6 is 0 Å². The number of carbonyl (C=O) groups excluding carboxylic acids is 1. The first-order valence-electron chi connectivity index (χ1n) is 18.7. The zero-order valence-electron chi connectivity index (χ0n) is 29.8. The third-order valence-corrected chi connectivity index (χ3v) is 10.9. The highest BCUT2D eigenvalue weighted by Crippen LogP contribution is 2.43. The average molecular weight is 689 g/mol. The molecular weight excluding hydrogens is 636 g/mol. The summed E-state index contributed by atoms with van der Waals surface area (Å²) in [5, 5.41) is 15.6. The molecule has 4 aromatic rings. The quantitative estimate of drug-likeness (QED) is 0.146. The van der Waals surface area contributed by atoms with Crippen LogP contribution in [0.1, 0.15) is 72.8 Å². The molecule has 0 saturated carbocycles. The normalized spacial score (nSPS) is 24.1. The molecule has 8 nitrogen and oxygen atoms in total. The number of hydrogen-bond donors (Lipinski definition) is 3. The van der Waals surface area contributed by atoms with E-state index in [1.807, 2.05) is 54.6 Å². The van der Waals surface area contributed by atoms with Gasteiger partial charge < -0.3 is 30.1 Å². The maximum atomic E-state index is 12.5. The first-order valence-corrected chi connectivity index (χ1v) is 18.7. The van der Waals surface area contributed by atoms with Crippen molar-refractivity contribution in [2.24, 2.45) is 5.92 Å². The van der Waals surface area contributed by atoms with E-state index in [0.717, 1.165) is 58.6 Å². The minimum atomic E-state index is -0.522. The Balaban J connectivity index is 1.06. The topological polar surface area (TPSA) is 86.3 Å². The Morgan fingerprint density at radius 2 is 1.43 bits per heavy atom. The summed E-state index contributed by atoms with van der Waals surface area (Å²) in [7, 11) is 0. The van der Waals surface area contributed by atoms with Crippen molar-refractivity contribution < 1.29 is 19.4 Å². The van der Waals surface area contributed by atoms with E-state index in [0.29, 0.717) is 19.1 Å². The summed E-state index contributed by atoms with van der Waals surface area (Å²) < 4.78 is 13.8. The summed E-state index contributed by atoms with van der Waals surface area (Å²) >= 11 is 0. The number of hydrogen-bond acceptors (Lipinski definition) is 6. The van der Waals surface area contributed by atoms with Crippen molar-refractivity contribution in [3.05, 3.63) is 131 Å². The largest absolute Gasteiger partial charge is 0.392 e. The molecule has 0 aliphatic carbocycles. The van der Waals surface area contributed by atoms with Gasteiger partial charge >= 0.3 is 6.03 Å². The lowest BCUT2D eigenvalue weighted by Crippen LogP contribution is -2.48. The van der Waals surface area contributed by atoms with Gasteiger partial charge in [-0.3, -0.25) is 4.90 Å². The van der Waals surface area contributed by atoms with E-state index >= 15 is 0 Å². The van der Waals surface area contributed by atoms with Crippen molar-refractivity contribution in [1.82, 2.24) is 20.4 Å². The van der Waals surface area contributed by atoms with Crippen LogP contribution in [0.25, 0.3) is 11.1 Å². The highest BCUT2D eigenvalue weighted by molar-refractivity contribution is 5.74. The lowest BCUT2D eigenvalue weighted by Gasteiger charge is -2.43. The maximum absolute atomic E-state index is 12.5. The maximum Gasteiger partial charge on any atom is 0.315 e. The smallest absolute Gasteiger partial charge is 0.315 e. The molecule has 8 heteroatoms. The Morgan fingerprint density at radius 1 is 0.725 bits per heavy atom. The molecule has 0 bridgehead atoms. The van der Waals surface area contributed by atoms with E-state index in [1.54, 1.807) is 0 Å². The molecule has 3 heterocycles. The second-order valence-corrected chi connectivity index (χ2v) is 14.5. The van der Waals surface area contributed by atoms with Crippen LogP contribution in [0.2, 0.25) is 0 Å². The lowest BCUT2D eigenvalue weighted by molar-refractivity contribution is -0.276. The van der Waals surface area contributed by atoms with Gasteiger partial charge in [0.1, 0.15) is 0 Å². The van der Waals surface area contributed by atoms with Crippen molar-refractivity contribution in [3.8, 4) is 11.1 Å². The number of aliphatic hydroxyl groups excluding tert-OH is 1. The van der Waals surface area contributed by atoms with Crippen LogP contribution < -0.4 is 10.6 Å². The molecule has 3 N–H and O–H groups in total. The first-order chi connectivity index (χ1) is 25.0. The second-order valence-electron chi connectivity index (χ2n) is 14.5. The number of nitrogens with one attached hydrogen (secondary N) is 2. The molecule has 5 atom stereocenters. The van der Waals surface area contributed by atoms with Crippen LogP contribution in [0.4, 0.5) is 4.79 Å². The van der Waals surface area contributed by atoms with Crippen molar-refractivity contribution >= 4 is 6.03 Å². The zero-order valence-corrected chi connectivity index (χ0v) is 29.8. The number of rotatable bonds is 12. The van der Waals surface area contributed by atoms with Gasteiger partial charge in [-0.2, -0.15) is 0 Å². The van der Waals surface area contributed by atoms with Gasteiger partial charge in [0.25, 0.3) is 0 Å². The van der Waals surface area contributed by atoms with Gasteiger partial charge in [0, 0.05) is 43.7 Å². The van der Waals surface area contributed by atoms with Crippen LogP contribution in [0.5, 0.6) is 0 Å². The van der Waals surface area contributed by atoms with Crippen LogP contribution in [-0.2, 0) is 29.2 Å². The molecule has 3 saturated heterocycles. The van der Waals surface area contributed by atoms with Gasteiger partial charge in [-0.05, 0) is 90.8 Å². The van der Waals surface area contributed by atoms with Crippen LogP contribution in [0.3, 0.4) is 0 Å². The summed E-state index contributed by atoms with van der Waals surface area (Å²) in [6.07, 6.45) is 4.45. The predicted molar refractivity (Wildman–Crippen MR) is 201 cm³/mol. The average Bonchev–Trinajstić information content (AvgIpc) is 3.87. The third-order valence-electron chi connectivity index (χ3n) is 10.9. The van der Waals surface area contributed by atoms with Crippen molar-refractivity contribution in [2.75, 3.05) is 32.7 Å². The zero-order chi connectivity index (χ0) is 35.0. The SMILES string of the molecule is C[C@@H]1[C@H](CN2CCC[C@H]2CN2CCCC2)O[C@H](c2cccc(-c3cccc(CNC(=O)NCc4ccccc4)c3)c2)O[C@@H]1c1ccc(CO)cc1. The molecule has 0 radical (unpaired) electrons. The Morgan fingerprint density at radius 3 is 2.20 bits per heavy atom. The minimum absolute atomic E-state index is 0.00320. The summed E-state index contributed by atoms with van der Waals surface area (Å²) in [5.74, 6) is 0.145. The number of ether oxygens (including phenoxy) is 2. The number of carbonyl (C=O) groups is 1. The highest BCUT2D eigenvalue weighted by Gasteiger charge is 2.41. The standard InChI is InChI=1S/C43H52N4O4/c1-31-40(29-47-23-9-16-39(47)28-46-21-5-6-22-46)50-42(51-41(31)35-19-17-33(30-48)18-20-35)38-15-8-14-37(25-38)36-13-7-12-34(24-36)27-45-43(49)44-26-32-10-3-2-4-11-32/h2-4,7-8,10-15,17-20,24-25,31,39-42,48H,5-6,9,16,21-23,26-30H2,1H3,(H2,44,45,49)/t31-,39+,40+,41+,42+/m1/s1. The molecule has 0 aromatic heterocycles. The third kappa shape index (κ3) is 9.07. The Kier molecular flexibility index (Phi) is 11.8. The van der Waals surface area contributed by atoms with E-state index in [9.17, 15) is 9.90 Å². The second kappa shape index (κ2) is 17.0. The Bertz CT molecular complexity index is 1710. The molecule has 0 spiro atoms. The Labute approximate surface area is 302 Å². The lowest BCUT2D eigenvalue weighted by atomic mass is 9.89. The molecule has 51 heavy (non-hydrogen) atoms. The van der Waals surface area contributed by atoms with Crippen molar-refractivity contribution in [1.29, 1.82) is 0 Å². The van der Waals surface area contributed by atoms with E-state index in [4.69, 9.17) is 9.47 Å². The molecule has 268 valence electrons. The fourth-order valence-corrected chi connectivity index (χ4v) is 7.91. The van der Waals surface area contributed by atoms with Gasteiger partial charge in [-0.15, -0.1) is 0 Å². The van der Waals surface area contributed by atoms with E-state index < -0.39 is 6.29 Å². The minimum Gasteiger partial charge on any atom is -0.392 e. The van der Waals surface area contributed by atoms with Gasteiger partial charge in [0.15, 0.2) is 6.29 Å². The number of urea groups is 1. The molecule has 3 fully saturated rings. The van der Waals surface area contributed by atoms with Crippen LogP contribution in [0, 0.1) is 5.92 Å². The number of benzene rings is 4. The number of likely N-dealkylation sites (tertiary alicyclic amines) is 2. The monoisotopic (exact) mass is 688 g/mol. The molecule has 3 aliphatic heterocycles. The first kappa shape index (κ1) is 35.4. The summed E-state index contributed by atoms with van der Waals surface area (Å²) in [5.41, 5.74) is 7.21. The van der Waals surface area contributed by atoms with Crippen molar-refractivity contribution in [2.45, 2.75) is 76.8 Å². The molecular formula is C43H52N4O4. The Hall–Kier alpha value is -4.05. The van der Waals surface area contributed by atoms with Gasteiger partial charge in [0.2, 0.25) is 0 Å². The summed E-state index contributed by atoms with van der Waals surface area (Å²) in [6.45, 7) is 8.79. The number of aliphatic hydroxyl groups is 1. The van der Waals surface area contributed by atoms with Gasteiger partial charge in [-0.1, -0.05) is 97.9 Å². The van der Waals surface area contributed by atoms with Crippen molar-refractivity contribution in [3.63, 3.8) is 0 Å².